The van der Waals surface area contributed by atoms with E-state index in [-0.39, 0.29) is 0 Å². The third-order valence-corrected chi connectivity index (χ3v) is 3.60. The van der Waals surface area contributed by atoms with Crippen LogP contribution in [0, 0.1) is 0 Å². The van der Waals surface area contributed by atoms with Crippen LogP contribution in [0.25, 0.3) is 0 Å². The maximum absolute atomic E-state index is 5.85. The van der Waals surface area contributed by atoms with Crippen LogP contribution in [0.3, 0.4) is 0 Å². The van der Waals surface area contributed by atoms with Crippen LogP contribution in [0.1, 0.15) is 38.7 Å². The summed E-state index contributed by atoms with van der Waals surface area (Å²) in [5.74, 6) is 0. The van der Waals surface area contributed by atoms with Crippen LogP contribution < -0.4 is 10.6 Å². The number of piperidine rings is 1. The van der Waals surface area contributed by atoms with Gasteiger partial charge in [0.05, 0.1) is 0 Å². The van der Waals surface area contributed by atoms with Gasteiger partial charge in [0.2, 0.25) is 0 Å². The standard InChI is InChI=1S/C14H22N2/c1-3-12-10-13(15)7-8-14(12)16-9-5-4-6-11(16)2/h7-8,10-11H,3-6,9,15H2,1-2H3/t11-/m0/s1. The van der Waals surface area contributed by atoms with Gasteiger partial charge in [-0.1, -0.05) is 6.92 Å². The molecular weight excluding hydrogens is 196 g/mol. The zero-order valence-corrected chi connectivity index (χ0v) is 10.4. The van der Waals surface area contributed by atoms with E-state index in [1.807, 2.05) is 6.07 Å². The lowest BCUT2D eigenvalue weighted by molar-refractivity contribution is 0.484. The largest absolute Gasteiger partial charge is 0.399 e. The summed E-state index contributed by atoms with van der Waals surface area (Å²) in [5, 5.41) is 0. The summed E-state index contributed by atoms with van der Waals surface area (Å²) in [6.45, 7) is 5.72. The van der Waals surface area contributed by atoms with Gasteiger partial charge in [-0.25, -0.2) is 0 Å². The van der Waals surface area contributed by atoms with Gasteiger partial charge in [-0.15, -0.1) is 0 Å². The molecule has 0 aliphatic carbocycles. The molecule has 1 aliphatic heterocycles. The van der Waals surface area contributed by atoms with E-state index in [4.69, 9.17) is 5.73 Å². The van der Waals surface area contributed by atoms with Crippen molar-refractivity contribution in [2.75, 3.05) is 17.2 Å². The van der Waals surface area contributed by atoms with Crippen molar-refractivity contribution in [3.05, 3.63) is 23.8 Å². The van der Waals surface area contributed by atoms with Crippen LogP contribution in [0.2, 0.25) is 0 Å². The molecule has 0 amide bonds. The minimum Gasteiger partial charge on any atom is -0.399 e. The molecule has 2 rings (SSSR count). The molecule has 16 heavy (non-hydrogen) atoms. The molecule has 2 N–H and O–H groups in total. The molecule has 0 aromatic heterocycles. The second-order valence-electron chi connectivity index (χ2n) is 4.78. The number of hydrogen-bond donors (Lipinski definition) is 1. The van der Waals surface area contributed by atoms with Gasteiger partial charge >= 0.3 is 0 Å². The van der Waals surface area contributed by atoms with Crippen molar-refractivity contribution >= 4 is 11.4 Å². The van der Waals surface area contributed by atoms with E-state index in [0.717, 1.165) is 12.1 Å². The monoisotopic (exact) mass is 218 g/mol. The maximum atomic E-state index is 5.85. The van der Waals surface area contributed by atoms with Gasteiger partial charge in [0.15, 0.2) is 0 Å². The number of nitrogen functional groups attached to an aromatic ring is 1. The Labute approximate surface area is 98.4 Å². The van der Waals surface area contributed by atoms with E-state index < -0.39 is 0 Å². The highest BCUT2D eigenvalue weighted by Gasteiger charge is 2.20. The minimum absolute atomic E-state index is 0.669. The number of nitrogens with two attached hydrogens (primary N) is 1. The summed E-state index contributed by atoms with van der Waals surface area (Å²) in [4.78, 5) is 2.54. The predicted octanol–water partition coefficient (Wildman–Crippen LogP) is 3.21. The number of hydrogen-bond acceptors (Lipinski definition) is 2. The molecule has 1 aliphatic rings. The molecule has 1 saturated heterocycles. The van der Waals surface area contributed by atoms with Gasteiger partial charge < -0.3 is 10.6 Å². The van der Waals surface area contributed by atoms with Crippen LogP contribution in [-0.4, -0.2) is 12.6 Å². The van der Waals surface area contributed by atoms with Crippen LogP contribution in [-0.2, 0) is 6.42 Å². The summed E-state index contributed by atoms with van der Waals surface area (Å²) >= 11 is 0. The van der Waals surface area contributed by atoms with Crippen molar-refractivity contribution in [3.63, 3.8) is 0 Å². The van der Waals surface area contributed by atoms with Gasteiger partial charge in [0.25, 0.3) is 0 Å². The first-order valence-electron chi connectivity index (χ1n) is 6.37. The molecule has 0 saturated carbocycles. The van der Waals surface area contributed by atoms with E-state index in [9.17, 15) is 0 Å². The van der Waals surface area contributed by atoms with Crippen LogP contribution in [0.4, 0.5) is 11.4 Å². The Morgan fingerprint density at radius 2 is 2.19 bits per heavy atom. The Hall–Kier alpha value is -1.18. The van der Waals surface area contributed by atoms with E-state index >= 15 is 0 Å². The first kappa shape index (κ1) is 11.3. The van der Waals surface area contributed by atoms with Crippen LogP contribution in [0.15, 0.2) is 18.2 Å². The van der Waals surface area contributed by atoms with E-state index in [1.54, 1.807) is 0 Å². The number of benzene rings is 1. The Morgan fingerprint density at radius 1 is 1.38 bits per heavy atom. The average molecular weight is 218 g/mol. The highest BCUT2D eigenvalue weighted by atomic mass is 15.2. The summed E-state index contributed by atoms with van der Waals surface area (Å²) in [6, 6.07) is 7.00. The van der Waals surface area contributed by atoms with E-state index in [1.165, 1.54) is 37.1 Å². The zero-order valence-electron chi connectivity index (χ0n) is 10.4. The highest BCUT2D eigenvalue weighted by Crippen LogP contribution is 2.29. The first-order chi connectivity index (χ1) is 7.72. The van der Waals surface area contributed by atoms with E-state index in [0.29, 0.717) is 6.04 Å². The minimum atomic E-state index is 0.669. The van der Waals surface area contributed by atoms with Gasteiger partial charge in [-0.3, -0.25) is 0 Å². The summed E-state index contributed by atoms with van der Waals surface area (Å²) in [5.41, 5.74) is 9.50. The third kappa shape index (κ3) is 2.16. The zero-order chi connectivity index (χ0) is 11.5. The maximum Gasteiger partial charge on any atom is 0.0402 e. The molecule has 88 valence electrons. The topological polar surface area (TPSA) is 29.3 Å². The molecule has 0 spiro atoms. The molecule has 1 aromatic rings. The Bertz CT molecular complexity index is 360. The normalized spacial score (nSPS) is 21.1. The van der Waals surface area contributed by atoms with Crippen molar-refractivity contribution in [3.8, 4) is 0 Å². The fourth-order valence-corrected chi connectivity index (χ4v) is 2.62. The van der Waals surface area contributed by atoms with Crippen LogP contribution in [0.5, 0.6) is 0 Å². The number of aryl methyl sites for hydroxylation is 1. The lowest BCUT2D eigenvalue weighted by atomic mass is 10.00. The fraction of sp³-hybridized carbons (Fsp3) is 0.571. The second kappa shape index (κ2) is 4.77. The molecule has 1 atom stereocenters. The second-order valence-corrected chi connectivity index (χ2v) is 4.78. The van der Waals surface area contributed by atoms with Gasteiger partial charge in [0.1, 0.15) is 0 Å². The first-order valence-corrected chi connectivity index (χ1v) is 6.37. The molecule has 1 heterocycles. The summed E-state index contributed by atoms with van der Waals surface area (Å²) in [7, 11) is 0. The molecular formula is C14H22N2. The molecule has 2 heteroatoms. The lowest BCUT2D eigenvalue weighted by Crippen LogP contribution is -2.38. The Kier molecular flexibility index (Phi) is 3.37. The molecule has 1 aromatic carbocycles. The van der Waals surface area contributed by atoms with Crippen molar-refractivity contribution in [2.45, 2.75) is 45.6 Å². The smallest absolute Gasteiger partial charge is 0.0402 e. The lowest BCUT2D eigenvalue weighted by Gasteiger charge is -2.36. The van der Waals surface area contributed by atoms with Crippen LogP contribution >= 0.6 is 0 Å². The van der Waals surface area contributed by atoms with Gasteiger partial charge in [-0.2, -0.15) is 0 Å². The molecule has 0 radical (unpaired) electrons. The summed E-state index contributed by atoms with van der Waals surface area (Å²) in [6.07, 6.45) is 5.06. The fourth-order valence-electron chi connectivity index (χ4n) is 2.62. The quantitative estimate of drug-likeness (QED) is 0.772. The number of rotatable bonds is 2. The molecule has 2 nitrogen and oxygen atoms in total. The average Bonchev–Trinajstić information content (AvgIpc) is 2.30. The number of nitrogens with zero attached hydrogens (tertiary/aromatic N) is 1. The molecule has 0 bridgehead atoms. The Morgan fingerprint density at radius 3 is 2.88 bits per heavy atom. The van der Waals surface area contributed by atoms with Crippen molar-refractivity contribution in [2.24, 2.45) is 0 Å². The van der Waals surface area contributed by atoms with Crippen molar-refractivity contribution in [1.29, 1.82) is 0 Å². The van der Waals surface area contributed by atoms with E-state index in [2.05, 4.69) is 30.9 Å². The van der Waals surface area contributed by atoms with Crippen molar-refractivity contribution in [1.82, 2.24) is 0 Å². The molecule has 0 unspecified atom stereocenters. The molecule has 1 fully saturated rings. The van der Waals surface area contributed by atoms with Gasteiger partial charge in [-0.05, 0) is 56.4 Å². The van der Waals surface area contributed by atoms with Gasteiger partial charge in [0, 0.05) is 24.0 Å². The predicted molar refractivity (Wildman–Crippen MR) is 70.9 cm³/mol. The number of anilines is 2. The SMILES string of the molecule is CCc1cc(N)ccc1N1CCCC[C@@H]1C. The third-order valence-electron chi connectivity index (χ3n) is 3.60. The highest BCUT2D eigenvalue weighted by molar-refractivity contribution is 5.60. The Balaban J connectivity index is 2.30. The summed E-state index contributed by atoms with van der Waals surface area (Å²) < 4.78 is 0. The van der Waals surface area contributed by atoms with Crippen molar-refractivity contribution < 1.29 is 0 Å².